The van der Waals surface area contributed by atoms with Gasteiger partial charge in [0.25, 0.3) is 0 Å². The van der Waals surface area contributed by atoms with Crippen LogP contribution in [0.25, 0.3) is 22.5 Å². The number of aromatic nitrogens is 1. The van der Waals surface area contributed by atoms with Gasteiger partial charge < -0.3 is 0 Å². The van der Waals surface area contributed by atoms with Crippen LogP contribution < -0.4 is 0 Å². The molecule has 0 unspecified atom stereocenters. The minimum atomic E-state index is 0.201. The van der Waals surface area contributed by atoms with Crippen LogP contribution in [0.1, 0.15) is 5.56 Å². The zero-order valence-electron chi connectivity index (χ0n) is 13.3. The summed E-state index contributed by atoms with van der Waals surface area (Å²) >= 11 is 36.6. The topological polar surface area (TPSA) is 36.7 Å². The molecule has 8 heteroatoms. The van der Waals surface area contributed by atoms with Crippen molar-refractivity contribution in [1.82, 2.24) is 4.98 Å². The van der Waals surface area contributed by atoms with Gasteiger partial charge in [-0.3, -0.25) is 0 Å². The molecular formula is C19H8Cl6N2. The Hall–Kier alpha value is -1.18. The van der Waals surface area contributed by atoms with Gasteiger partial charge in [0.2, 0.25) is 0 Å². The predicted molar refractivity (Wildman–Crippen MR) is 114 cm³/mol. The van der Waals surface area contributed by atoms with Gasteiger partial charge in [0, 0.05) is 11.1 Å². The fourth-order valence-corrected chi connectivity index (χ4v) is 3.68. The molecule has 1 aromatic heterocycles. The monoisotopic (exact) mass is 474 g/mol. The van der Waals surface area contributed by atoms with Crippen LogP contribution in [0.5, 0.6) is 0 Å². The summed E-state index contributed by atoms with van der Waals surface area (Å²) in [7, 11) is 0. The van der Waals surface area contributed by atoms with Crippen molar-refractivity contribution >= 4 is 69.6 Å². The summed E-state index contributed by atoms with van der Waals surface area (Å²) in [6, 6.07) is 12.4. The van der Waals surface area contributed by atoms with Crippen LogP contribution in [-0.2, 0) is 6.42 Å². The van der Waals surface area contributed by atoms with Crippen molar-refractivity contribution in [1.29, 1.82) is 5.26 Å². The lowest BCUT2D eigenvalue weighted by Gasteiger charge is -2.11. The molecule has 0 aliphatic carbocycles. The third-order valence-electron chi connectivity index (χ3n) is 3.73. The molecule has 2 nitrogen and oxygen atoms in total. The van der Waals surface area contributed by atoms with E-state index in [4.69, 9.17) is 74.9 Å². The molecule has 0 amide bonds. The molecule has 0 N–H and O–H groups in total. The number of hydrogen-bond acceptors (Lipinski definition) is 2. The van der Waals surface area contributed by atoms with Gasteiger partial charge in [-0.15, -0.1) is 0 Å². The lowest BCUT2D eigenvalue weighted by molar-refractivity contribution is 1.22. The molecule has 0 bridgehead atoms. The standard InChI is InChI=1S/C19H8Cl6N2/c20-12-5-10(6-13(21)18(12)24)16-3-9(1-2-26)4-17(27-16)11-7-14(22)19(25)15(23)8-11/h3-8H,1H2. The molecular weight excluding hydrogens is 469 g/mol. The molecule has 27 heavy (non-hydrogen) atoms. The van der Waals surface area contributed by atoms with E-state index in [1.54, 1.807) is 36.4 Å². The summed E-state index contributed by atoms with van der Waals surface area (Å²) in [4.78, 5) is 4.65. The van der Waals surface area contributed by atoms with E-state index in [2.05, 4.69) is 11.1 Å². The van der Waals surface area contributed by atoms with Crippen LogP contribution in [0.15, 0.2) is 36.4 Å². The Morgan fingerprint density at radius 1 is 0.667 bits per heavy atom. The van der Waals surface area contributed by atoms with Crippen LogP contribution in [0.2, 0.25) is 30.1 Å². The van der Waals surface area contributed by atoms with E-state index in [-0.39, 0.29) is 16.5 Å². The average Bonchev–Trinajstić information content (AvgIpc) is 2.63. The molecule has 0 aliphatic rings. The molecule has 0 saturated carbocycles. The van der Waals surface area contributed by atoms with E-state index in [1.807, 2.05) is 0 Å². The molecule has 3 rings (SSSR count). The zero-order chi connectivity index (χ0) is 19.7. The molecule has 0 atom stereocenters. The number of pyridine rings is 1. The van der Waals surface area contributed by atoms with Gasteiger partial charge in [0.05, 0.1) is 54.0 Å². The number of rotatable bonds is 3. The van der Waals surface area contributed by atoms with Gasteiger partial charge in [-0.1, -0.05) is 69.6 Å². The van der Waals surface area contributed by atoms with Gasteiger partial charge in [0.1, 0.15) is 0 Å². The quantitative estimate of drug-likeness (QED) is 0.356. The molecule has 0 saturated heterocycles. The SMILES string of the molecule is N#CCc1cc(-c2cc(Cl)c(Cl)c(Cl)c2)nc(-c2cc(Cl)c(Cl)c(Cl)c2)c1. The lowest BCUT2D eigenvalue weighted by atomic mass is 10.0. The summed E-state index contributed by atoms with van der Waals surface area (Å²) in [5.41, 5.74) is 3.27. The van der Waals surface area contributed by atoms with Crippen molar-refractivity contribution < 1.29 is 0 Å². The third kappa shape index (κ3) is 4.46. The second-order valence-corrected chi connectivity index (χ2v) is 7.97. The molecule has 0 spiro atoms. The summed E-state index contributed by atoms with van der Waals surface area (Å²) < 4.78 is 0. The minimum Gasteiger partial charge on any atom is -0.248 e. The Morgan fingerprint density at radius 2 is 1.04 bits per heavy atom. The van der Waals surface area contributed by atoms with E-state index < -0.39 is 0 Å². The molecule has 0 aliphatic heterocycles. The van der Waals surface area contributed by atoms with E-state index in [0.29, 0.717) is 42.6 Å². The van der Waals surface area contributed by atoms with Crippen molar-refractivity contribution in [2.45, 2.75) is 6.42 Å². The molecule has 0 fully saturated rings. The Kier molecular flexibility index (Phi) is 6.43. The molecule has 0 radical (unpaired) electrons. The maximum Gasteiger partial charge on any atom is 0.0778 e. The Morgan fingerprint density at radius 3 is 1.37 bits per heavy atom. The number of nitrogens with zero attached hydrogens (tertiary/aromatic N) is 2. The smallest absolute Gasteiger partial charge is 0.0778 e. The first-order valence-electron chi connectivity index (χ1n) is 7.48. The van der Waals surface area contributed by atoms with Crippen LogP contribution in [0.3, 0.4) is 0 Å². The molecule has 1 heterocycles. The van der Waals surface area contributed by atoms with Crippen LogP contribution in [0, 0.1) is 11.3 Å². The van der Waals surface area contributed by atoms with Gasteiger partial charge >= 0.3 is 0 Å². The van der Waals surface area contributed by atoms with Crippen LogP contribution in [-0.4, -0.2) is 4.98 Å². The van der Waals surface area contributed by atoms with Crippen molar-refractivity contribution in [3.63, 3.8) is 0 Å². The first-order chi connectivity index (χ1) is 12.8. The van der Waals surface area contributed by atoms with E-state index >= 15 is 0 Å². The molecule has 136 valence electrons. The molecule has 2 aromatic carbocycles. The number of benzene rings is 2. The highest BCUT2D eigenvalue weighted by atomic mass is 35.5. The second-order valence-electron chi connectivity index (χ2n) is 5.59. The highest BCUT2D eigenvalue weighted by molar-refractivity contribution is 6.49. The maximum atomic E-state index is 9.10. The van der Waals surface area contributed by atoms with Crippen molar-refractivity contribution in [3.8, 4) is 28.6 Å². The fraction of sp³-hybridized carbons (Fsp3) is 0.0526. The van der Waals surface area contributed by atoms with Crippen molar-refractivity contribution in [3.05, 3.63) is 72.1 Å². The number of halogens is 6. The Bertz CT molecular complexity index is 966. The van der Waals surface area contributed by atoms with Crippen LogP contribution in [0.4, 0.5) is 0 Å². The number of nitriles is 1. The van der Waals surface area contributed by atoms with Gasteiger partial charge in [-0.2, -0.15) is 5.26 Å². The third-order valence-corrected chi connectivity index (χ3v) is 6.12. The first kappa shape index (κ1) is 20.6. The van der Waals surface area contributed by atoms with Gasteiger partial charge in [0.15, 0.2) is 0 Å². The van der Waals surface area contributed by atoms with Gasteiger partial charge in [-0.05, 0) is 42.0 Å². The second kappa shape index (κ2) is 8.45. The largest absolute Gasteiger partial charge is 0.248 e. The average molecular weight is 477 g/mol. The fourth-order valence-electron chi connectivity index (χ4n) is 2.48. The maximum absolute atomic E-state index is 9.10. The van der Waals surface area contributed by atoms with E-state index in [0.717, 1.165) is 5.56 Å². The normalized spacial score (nSPS) is 10.7. The van der Waals surface area contributed by atoms with Crippen LogP contribution >= 0.6 is 69.6 Å². The summed E-state index contributed by atoms with van der Waals surface area (Å²) in [6.45, 7) is 0. The van der Waals surface area contributed by atoms with Crippen molar-refractivity contribution in [2.75, 3.05) is 0 Å². The van der Waals surface area contributed by atoms with E-state index in [9.17, 15) is 0 Å². The van der Waals surface area contributed by atoms with Crippen molar-refractivity contribution in [2.24, 2.45) is 0 Å². The number of hydrogen-bond donors (Lipinski definition) is 0. The van der Waals surface area contributed by atoms with Gasteiger partial charge in [-0.25, -0.2) is 4.98 Å². The Balaban J connectivity index is 2.21. The minimum absolute atomic E-state index is 0.201. The summed E-state index contributed by atoms with van der Waals surface area (Å²) in [5, 5.41) is 10.9. The first-order valence-corrected chi connectivity index (χ1v) is 9.74. The lowest BCUT2D eigenvalue weighted by Crippen LogP contribution is -1.94. The predicted octanol–water partition coefficient (Wildman–Crippen LogP) is 8.40. The highest BCUT2D eigenvalue weighted by Crippen LogP contribution is 2.37. The Labute approximate surface area is 186 Å². The highest BCUT2D eigenvalue weighted by Gasteiger charge is 2.13. The summed E-state index contributed by atoms with van der Waals surface area (Å²) in [6.07, 6.45) is 0.201. The summed E-state index contributed by atoms with van der Waals surface area (Å²) in [5.74, 6) is 0. The van der Waals surface area contributed by atoms with E-state index in [1.165, 1.54) is 0 Å². The molecule has 3 aromatic rings. The zero-order valence-corrected chi connectivity index (χ0v) is 17.9.